The molecule has 0 amide bonds. The number of rotatable bonds is 0. The second-order valence-corrected chi connectivity index (χ2v) is 8.26. The van der Waals surface area contributed by atoms with E-state index in [2.05, 4.69) is 50.3 Å². The van der Waals surface area contributed by atoms with Crippen molar-refractivity contribution < 1.29 is 25.9 Å². The molecule has 6 heteroatoms. The zero-order valence-corrected chi connectivity index (χ0v) is 19.8. The SMILES string of the molecule is C1=Cc2cc3ccc(cc4ccc(cc5nc(cc1n2)C=C5)[nH]4)[nH]3.CC(C)(C)[C-]=O.[Pt]. The van der Waals surface area contributed by atoms with Crippen molar-refractivity contribution in [1.29, 1.82) is 0 Å². The Morgan fingerprint density at radius 3 is 1.32 bits per heavy atom. The van der Waals surface area contributed by atoms with E-state index in [1.165, 1.54) is 0 Å². The number of nitrogens with one attached hydrogen (secondary N) is 2. The van der Waals surface area contributed by atoms with Gasteiger partial charge in [0.2, 0.25) is 0 Å². The predicted molar refractivity (Wildman–Crippen MR) is 124 cm³/mol. The zero-order chi connectivity index (χ0) is 21.1. The van der Waals surface area contributed by atoms with Gasteiger partial charge in [-0.25, -0.2) is 9.97 Å². The van der Waals surface area contributed by atoms with Crippen LogP contribution in [0.3, 0.4) is 0 Å². The minimum atomic E-state index is -0.264. The number of aromatic amines is 2. The molecule has 0 atom stereocenters. The van der Waals surface area contributed by atoms with Gasteiger partial charge in [-0.15, -0.1) is 5.41 Å². The summed E-state index contributed by atoms with van der Waals surface area (Å²) in [7, 11) is 0. The van der Waals surface area contributed by atoms with Gasteiger partial charge in [0.15, 0.2) is 0 Å². The molecule has 2 N–H and O–H groups in total. The summed E-state index contributed by atoms with van der Waals surface area (Å²) in [5.41, 5.74) is 7.60. The summed E-state index contributed by atoms with van der Waals surface area (Å²) in [6.07, 6.45) is 9.90. The molecule has 0 spiro atoms. The second kappa shape index (κ2) is 9.40. The molecule has 31 heavy (non-hydrogen) atoms. The fourth-order valence-corrected chi connectivity index (χ4v) is 2.94. The molecule has 0 unspecified atom stereocenters. The van der Waals surface area contributed by atoms with Crippen LogP contribution in [0.4, 0.5) is 0 Å². The van der Waals surface area contributed by atoms with Crippen LogP contribution < -0.4 is 0 Å². The standard InChI is InChI=1S/C20H14N4.C5H9O.Pt/c1-2-14-10-16-5-6-18(23-16)12-20-8-7-19(24-20)11-17-4-3-15(22-17)9-13(1)21-14;1-5(2,3)4-6;/h1-12,21-22H;1-3H3;/q;-1;. The Morgan fingerprint density at radius 2 is 0.968 bits per heavy atom. The van der Waals surface area contributed by atoms with E-state index in [9.17, 15) is 4.79 Å². The molecule has 5 rings (SSSR count). The molecule has 5 nitrogen and oxygen atoms in total. The molecule has 0 saturated heterocycles. The van der Waals surface area contributed by atoms with Gasteiger partial charge < -0.3 is 14.8 Å². The average molecular weight is 591 g/mol. The van der Waals surface area contributed by atoms with E-state index in [1.807, 2.05) is 69.6 Å². The van der Waals surface area contributed by atoms with Crippen LogP contribution in [0.15, 0.2) is 48.5 Å². The molecule has 160 valence electrons. The van der Waals surface area contributed by atoms with Gasteiger partial charge in [-0.1, -0.05) is 20.8 Å². The van der Waals surface area contributed by atoms with Gasteiger partial charge in [-0.05, 0) is 72.8 Å². The van der Waals surface area contributed by atoms with Crippen LogP contribution in [0, 0.1) is 5.41 Å². The summed E-state index contributed by atoms with van der Waals surface area (Å²) < 4.78 is 0. The number of nitrogens with zero attached hydrogens (tertiary/aromatic N) is 2. The summed E-state index contributed by atoms with van der Waals surface area (Å²) in [4.78, 5) is 25.7. The Labute approximate surface area is 195 Å². The average Bonchev–Trinajstić information content (AvgIpc) is 3.47. The number of hydrogen-bond acceptors (Lipinski definition) is 3. The van der Waals surface area contributed by atoms with E-state index in [-0.39, 0.29) is 26.5 Å². The number of carbonyl (C=O) groups excluding carboxylic acids is 1. The molecule has 0 aromatic carbocycles. The molecule has 3 aromatic heterocycles. The summed E-state index contributed by atoms with van der Waals surface area (Å²) in [5.74, 6) is 0. The topological polar surface area (TPSA) is 74.4 Å². The largest absolute Gasteiger partial charge is 0.541 e. The van der Waals surface area contributed by atoms with Crippen molar-refractivity contribution in [3.63, 3.8) is 0 Å². The van der Waals surface area contributed by atoms with E-state index >= 15 is 0 Å². The Balaban J connectivity index is 0.000000346. The number of H-pyrrole nitrogens is 2. The summed E-state index contributed by atoms with van der Waals surface area (Å²) in [5, 5.41) is 0. The first-order chi connectivity index (χ1) is 14.4. The van der Waals surface area contributed by atoms with E-state index < -0.39 is 0 Å². The van der Waals surface area contributed by atoms with Crippen LogP contribution in [-0.4, -0.2) is 26.2 Å². The first-order valence-corrected chi connectivity index (χ1v) is 9.80. The third-order valence-electron chi connectivity index (χ3n) is 4.35. The van der Waals surface area contributed by atoms with Gasteiger partial charge in [-0.2, -0.15) is 0 Å². The smallest absolute Gasteiger partial charge is 0.0659 e. The summed E-state index contributed by atoms with van der Waals surface area (Å²) in [6.45, 7) is 5.46. The molecule has 0 radical (unpaired) electrons. The third-order valence-corrected chi connectivity index (χ3v) is 4.35. The van der Waals surface area contributed by atoms with Crippen molar-refractivity contribution in [2.24, 2.45) is 5.41 Å². The van der Waals surface area contributed by atoms with Crippen molar-refractivity contribution >= 4 is 52.7 Å². The van der Waals surface area contributed by atoms with Gasteiger partial charge in [0.1, 0.15) is 0 Å². The Kier molecular flexibility index (Phi) is 6.87. The van der Waals surface area contributed by atoms with Crippen molar-refractivity contribution in [3.8, 4) is 0 Å². The first-order valence-electron chi connectivity index (χ1n) is 9.80. The molecule has 5 heterocycles. The van der Waals surface area contributed by atoms with Gasteiger partial charge in [0.05, 0.1) is 22.8 Å². The zero-order valence-electron chi connectivity index (χ0n) is 17.5. The van der Waals surface area contributed by atoms with Crippen molar-refractivity contribution in [3.05, 3.63) is 71.3 Å². The predicted octanol–water partition coefficient (Wildman–Crippen LogP) is 5.80. The van der Waals surface area contributed by atoms with E-state index in [4.69, 9.17) is 0 Å². The number of aromatic nitrogens is 4. The molecule has 2 aliphatic rings. The fraction of sp³-hybridized carbons (Fsp3) is 0.160. The van der Waals surface area contributed by atoms with Crippen molar-refractivity contribution in [2.75, 3.05) is 0 Å². The van der Waals surface area contributed by atoms with Gasteiger partial charge in [-0.3, -0.25) is 6.29 Å². The Morgan fingerprint density at radius 1 is 0.645 bits per heavy atom. The maximum atomic E-state index is 9.70. The monoisotopic (exact) mass is 590 g/mol. The molecule has 2 aliphatic heterocycles. The molecule has 0 fully saturated rings. The number of hydrogen-bond donors (Lipinski definition) is 2. The minimum Gasteiger partial charge on any atom is -0.541 e. The second-order valence-electron chi connectivity index (χ2n) is 8.26. The molecule has 0 aliphatic carbocycles. The molecule has 0 saturated carbocycles. The van der Waals surface area contributed by atoms with Crippen LogP contribution in [0.2, 0.25) is 0 Å². The Hall–Kier alpha value is -3.04. The van der Waals surface area contributed by atoms with E-state index in [1.54, 1.807) is 0 Å². The summed E-state index contributed by atoms with van der Waals surface area (Å²) in [6, 6.07) is 16.4. The van der Waals surface area contributed by atoms with Gasteiger partial charge in [0.25, 0.3) is 0 Å². The quantitative estimate of drug-likeness (QED) is 0.224. The maximum Gasteiger partial charge on any atom is 0.0659 e. The van der Waals surface area contributed by atoms with E-state index in [0.29, 0.717) is 0 Å². The third kappa shape index (κ3) is 6.22. The summed E-state index contributed by atoms with van der Waals surface area (Å²) >= 11 is 0. The van der Waals surface area contributed by atoms with Crippen LogP contribution >= 0.6 is 0 Å². The number of fused-ring (bicyclic) bond motifs is 8. The minimum absolute atomic E-state index is 0. The molecular formula is C25H23N4OPt-. The van der Waals surface area contributed by atoms with Crippen LogP contribution in [0.25, 0.3) is 46.4 Å². The Bertz CT molecular complexity index is 1220. The van der Waals surface area contributed by atoms with Crippen LogP contribution in [0.1, 0.15) is 43.5 Å². The maximum absolute atomic E-state index is 9.70. The molecule has 3 aromatic rings. The molecular weight excluding hydrogens is 567 g/mol. The normalized spacial score (nSPS) is 12.0. The fourth-order valence-electron chi connectivity index (χ4n) is 2.94. The van der Waals surface area contributed by atoms with Crippen molar-refractivity contribution in [2.45, 2.75) is 20.8 Å². The van der Waals surface area contributed by atoms with Crippen molar-refractivity contribution in [1.82, 2.24) is 19.9 Å². The van der Waals surface area contributed by atoms with E-state index in [0.717, 1.165) is 44.8 Å². The van der Waals surface area contributed by atoms with Crippen LogP contribution in [-0.2, 0) is 25.9 Å². The molecule has 8 bridgehead atoms. The van der Waals surface area contributed by atoms with Gasteiger partial charge >= 0.3 is 0 Å². The first kappa shape index (κ1) is 22.6. The van der Waals surface area contributed by atoms with Gasteiger partial charge in [0, 0.05) is 43.1 Å². The van der Waals surface area contributed by atoms with Crippen LogP contribution in [0.5, 0.6) is 0 Å².